The number of amides is 1. The van der Waals surface area contributed by atoms with Crippen molar-refractivity contribution in [3.8, 4) is 0 Å². The average molecular weight is 244 g/mol. The number of carbonyl (C=O) groups is 1. The molecule has 1 aliphatic heterocycles. The quantitative estimate of drug-likeness (QED) is 0.689. The Hall–Kier alpha value is -1.04. The third-order valence-electron chi connectivity index (χ3n) is 2.85. The van der Waals surface area contributed by atoms with Crippen molar-refractivity contribution in [2.24, 2.45) is 0 Å². The van der Waals surface area contributed by atoms with Crippen LogP contribution in [0, 0.1) is 0 Å². The highest BCUT2D eigenvalue weighted by molar-refractivity contribution is 6.30. The summed E-state index contributed by atoms with van der Waals surface area (Å²) in [6.45, 7) is 1.13. The molecule has 2 unspecified atom stereocenters. The number of aromatic amines is 1. The van der Waals surface area contributed by atoms with Crippen LogP contribution in [0.4, 0.5) is 0 Å². The van der Waals surface area contributed by atoms with Crippen molar-refractivity contribution in [1.29, 1.82) is 0 Å². The standard InChI is InChI=1S/C10H14ClN3O2/c1-14(8-4-12-5-9(8)15)10(16)7-2-6(11)3-13-7/h2-3,8-9,12-13,15H,4-5H2,1H3. The molecule has 5 nitrogen and oxygen atoms in total. The Morgan fingerprint density at radius 2 is 2.38 bits per heavy atom. The van der Waals surface area contributed by atoms with Crippen molar-refractivity contribution >= 4 is 17.5 Å². The topological polar surface area (TPSA) is 68.4 Å². The summed E-state index contributed by atoms with van der Waals surface area (Å²) in [5.74, 6) is -0.167. The third kappa shape index (κ3) is 2.07. The van der Waals surface area contributed by atoms with Crippen LogP contribution in [-0.4, -0.2) is 53.2 Å². The lowest BCUT2D eigenvalue weighted by Crippen LogP contribution is -2.44. The van der Waals surface area contributed by atoms with E-state index in [0.717, 1.165) is 0 Å². The Morgan fingerprint density at radius 1 is 1.62 bits per heavy atom. The van der Waals surface area contributed by atoms with Gasteiger partial charge in [0.2, 0.25) is 0 Å². The zero-order chi connectivity index (χ0) is 11.7. The van der Waals surface area contributed by atoms with E-state index in [9.17, 15) is 9.90 Å². The highest BCUT2D eigenvalue weighted by Gasteiger charge is 2.31. The highest BCUT2D eigenvalue weighted by atomic mass is 35.5. The Morgan fingerprint density at radius 3 is 2.88 bits per heavy atom. The molecule has 1 amide bonds. The maximum Gasteiger partial charge on any atom is 0.270 e. The minimum Gasteiger partial charge on any atom is -0.390 e. The fourth-order valence-corrected chi connectivity index (χ4v) is 2.04. The molecule has 0 saturated carbocycles. The van der Waals surface area contributed by atoms with Crippen LogP contribution in [0.1, 0.15) is 10.5 Å². The first-order valence-electron chi connectivity index (χ1n) is 5.09. The highest BCUT2D eigenvalue weighted by Crippen LogP contribution is 2.14. The molecule has 0 aromatic carbocycles. The summed E-state index contributed by atoms with van der Waals surface area (Å²) in [5.41, 5.74) is 0.437. The summed E-state index contributed by atoms with van der Waals surface area (Å²) in [5, 5.41) is 13.2. The zero-order valence-electron chi connectivity index (χ0n) is 8.90. The second-order valence-electron chi connectivity index (χ2n) is 3.94. The fraction of sp³-hybridized carbons (Fsp3) is 0.500. The number of rotatable bonds is 2. The van der Waals surface area contributed by atoms with Gasteiger partial charge in [0.1, 0.15) is 5.69 Å². The molecule has 2 rings (SSSR count). The van der Waals surface area contributed by atoms with E-state index < -0.39 is 6.10 Å². The molecule has 6 heteroatoms. The monoisotopic (exact) mass is 243 g/mol. The van der Waals surface area contributed by atoms with Gasteiger partial charge in [-0.1, -0.05) is 11.6 Å². The van der Waals surface area contributed by atoms with Gasteiger partial charge in [-0.2, -0.15) is 0 Å². The number of nitrogens with one attached hydrogen (secondary N) is 2. The lowest BCUT2D eigenvalue weighted by atomic mass is 10.2. The number of carbonyl (C=O) groups excluding carboxylic acids is 1. The molecule has 0 radical (unpaired) electrons. The van der Waals surface area contributed by atoms with Crippen molar-refractivity contribution in [3.05, 3.63) is 23.0 Å². The molecule has 2 atom stereocenters. The first-order chi connectivity index (χ1) is 7.59. The van der Waals surface area contributed by atoms with Crippen LogP contribution < -0.4 is 5.32 Å². The molecule has 1 fully saturated rings. The summed E-state index contributed by atoms with van der Waals surface area (Å²) >= 11 is 5.73. The maximum atomic E-state index is 12.0. The van der Waals surface area contributed by atoms with Crippen molar-refractivity contribution < 1.29 is 9.90 Å². The van der Waals surface area contributed by atoms with Gasteiger partial charge >= 0.3 is 0 Å². The molecular formula is C10H14ClN3O2. The van der Waals surface area contributed by atoms with E-state index in [4.69, 9.17) is 11.6 Å². The number of halogens is 1. The second kappa shape index (κ2) is 4.45. The molecule has 0 aliphatic carbocycles. The Kier molecular flexibility index (Phi) is 3.18. The van der Waals surface area contributed by atoms with E-state index in [1.807, 2.05) is 0 Å². The minimum absolute atomic E-state index is 0.167. The summed E-state index contributed by atoms with van der Waals surface area (Å²) in [6.07, 6.45) is 1.05. The number of aliphatic hydroxyl groups is 1. The predicted octanol–water partition coefficient (Wildman–Crippen LogP) is 0.0728. The van der Waals surface area contributed by atoms with Gasteiger partial charge in [0.15, 0.2) is 0 Å². The van der Waals surface area contributed by atoms with E-state index >= 15 is 0 Å². The van der Waals surface area contributed by atoms with Gasteiger partial charge < -0.3 is 20.3 Å². The number of aliphatic hydroxyl groups excluding tert-OH is 1. The molecule has 0 bridgehead atoms. The number of aromatic nitrogens is 1. The average Bonchev–Trinajstić information content (AvgIpc) is 2.85. The number of likely N-dealkylation sites (N-methyl/N-ethyl adjacent to an activating group) is 1. The lowest BCUT2D eigenvalue weighted by molar-refractivity contribution is 0.0576. The smallest absolute Gasteiger partial charge is 0.270 e. The molecule has 1 aromatic rings. The Labute approximate surface area is 98.4 Å². The van der Waals surface area contributed by atoms with Crippen molar-refractivity contribution in [1.82, 2.24) is 15.2 Å². The van der Waals surface area contributed by atoms with Gasteiger partial charge in [0, 0.05) is 26.3 Å². The van der Waals surface area contributed by atoms with E-state index in [0.29, 0.717) is 23.8 Å². The van der Waals surface area contributed by atoms with Gasteiger partial charge in [0.05, 0.1) is 17.2 Å². The fourth-order valence-electron chi connectivity index (χ4n) is 1.88. The van der Waals surface area contributed by atoms with Gasteiger partial charge in [-0.05, 0) is 6.07 Å². The normalized spacial score (nSPS) is 24.7. The third-order valence-corrected chi connectivity index (χ3v) is 3.07. The first kappa shape index (κ1) is 11.4. The van der Waals surface area contributed by atoms with Crippen LogP contribution in [0.3, 0.4) is 0 Å². The van der Waals surface area contributed by atoms with Crippen LogP contribution >= 0.6 is 11.6 Å². The first-order valence-corrected chi connectivity index (χ1v) is 5.47. The van der Waals surface area contributed by atoms with Crippen LogP contribution in [0.15, 0.2) is 12.3 Å². The number of β-amino-alcohol motifs (C(OH)–C–C–N with tert-alkyl or cyclic N) is 1. The molecule has 88 valence electrons. The molecule has 1 saturated heterocycles. The number of hydrogen-bond acceptors (Lipinski definition) is 3. The van der Waals surface area contributed by atoms with E-state index in [2.05, 4.69) is 10.3 Å². The summed E-state index contributed by atoms with van der Waals surface area (Å²) in [7, 11) is 1.68. The van der Waals surface area contributed by atoms with E-state index in [1.165, 1.54) is 4.90 Å². The predicted molar refractivity (Wildman–Crippen MR) is 60.6 cm³/mol. The largest absolute Gasteiger partial charge is 0.390 e. The zero-order valence-corrected chi connectivity index (χ0v) is 9.66. The van der Waals surface area contributed by atoms with Crippen molar-refractivity contribution in [2.75, 3.05) is 20.1 Å². The number of nitrogens with zero attached hydrogens (tertiary/aromatic N) is 1. The molecule has 0 spiro atoms. The van der Waals surface area contributed by atoms with Gasteiger partial charge in [0.25, 0.3) is 5.91 Å². The molecule has 16 heavy (non-hydrogen) atoms. The Bertz CT molecular complexity index is 393. The van der Waals surface area contributed by atoms with Crippen LogP contribution in [-0.2, 0) is 0 Å². The Balaban J connectivity index is 2.10. The second-order valence-corrected chi connectivity index (χ2v) is 4.38. The van der Waals surface area contributed by atoms with Gasteiger partial charge in [-0.15, -0.1) is 0 Å². The van der Waals surface area contributed by atoms with E-state index in [1.54, 1.807) is 19.3 Å². The molecule has 1 aromatic heterocycles. The minimum atomic E-state index is -0.514. The van der Waals surface area contributed by atoms with Crippen LogP contribution in [0.25, 0.3) is 0 Å². The van der Waals surface area contributed by atoms with Crippen molar-refractivity contribution in [2.45, 2.75) is 12.1 Å². The summed E-state index contributed by atoms with van der Waals surface area (Å²) in [4.78, 5) is 16.3. The number of hydrogen-bond donors (Lipinski definition) is 3. The summed E-state index contributed by atoms with van der Waals surface area (Å²) < 4.78 is 0. The van der Waals surface area contributed by atoms with E-state index in [-0.39, 0.29) is 11.9 Å². The molecule has 3 N–H and O–H groups in total. The van der Waals surface area contributed by atoms with Gasteiger partial charge in [-0.25, -0.2) is 0 Å². The SMILES string of the molecule is CN(C(=O)c1cc(Cl)c[nH]1)C1CNCC1O. The van der Waals surface area contributed by atoms with Crippen molar-refractivity contribution in [3.63, 3.8) is 0 Å². The lowest BCUT2D eigenvalue weighted by Gasteiger charge is -2.25. The molecule has 1 aliphatic rings. The van der Waals surface area contributed by atoms with Crippen LogP contribution in [0.2, 0.25) is 5.02 Å². The summed E-state index contributed by atoms with van der Waals surface area (Å²) in [6, 6.07) is 1.39. The molecule has 2 heterocycles. The number of H-pyrrole nitrogens is 1. The van der Waals surface area contributed by atoms with Gasteiger partial charge in [-0.3, -0.25) is 4.79 Å². The maximum absolute atomic E-state index is 12.0. The van der Waals surface area contributed by atoms with Crippen LogP contribution in [0.5, 0.6) is 0 Å². The molecular weight excluding hydrogens is 230 g/mol.